The molecular weight excluding hydrogens is 415 g/mol. The van der Waals surface area contributed by atoms with Crippen LogP contribution in [0.3, 0.4) is 0 Å². The van der Waals surface area contributed by atoms with Gasteiger partial charge in [-0.1, -0.05) is 36.4 Å². The fourth-order valence-corrected chi connectivity index (χ4v) is 9.30. The fourth-order valence-electron chi connectivity index (χ4n) is 3.32. The molecule has 1 N–H and O–H groups in total. The first-order chi connectivity index (χ1) is 11.0. The van der Waals surface area contributed by atoms with E-state index in [0.29, 0.717) is 5.75 Å². The second-order valence-electron chi connectivity index (χ2n) is 5.94. The smallest absolute Gasteiger partial charge is 0.121 e. The van der Waals surface area contributed by atoms with Crippen molar-refractivity contribution < 1.29 is 5.11 Å². The van der Waals surface area contributed by atoms with E-state index in [-0.39, 0.29) is 0 Å². The molecule has 1 aliphatic heterocycles. The maximum atomic E-state index is 10.2. The first-order valence-corrected chi connectivity index (χ1v) is 11.7. The van der Waals surface area contributed by atoms with Crippen molar-refractivity contribution in [3.8, 4) is 16.9 Å². The molecule has 4 rings (SSSR count). The van der Waals surface area contributed by atoms with Crippen LogP contribution >= 0.6 is 28.4 Å². The Morgan fingerprint density at radius 1 is 0.783 bits per heavy atom. The Morgan fingerprint density at radius 2 is 1.22 bits per heavy atom. The zero-order valence-corrected chi connectivity index (χ0v) is 16.0. The highest BCUT2D eigenvalue weighted by molar-refractivity contribution is 14.2. The lowest BCUT2D eigenvalue weighted by atomic mass is 10.1. The van der Waals surface area contributed by atoms with Crippen LogP contribution in [0.5, 0.6) is 5.75 Å². The number of hydrogen-bond donors (Lipinski definition) is 1. The van der Waals surface area contributed by atoms with E-state index < -0.39 is 7.20 Å². The topological polar surface area (TPSA) is 20.2 Å². The maximum absolute atomic E-state index is 10.2. The molecule has 0 aliphatic carbocycles. The SMILES string of the molecule is Cc1cc(S2(I)c3ccccc3-c3ccccc32)cc(C)c1O. The number of aromatic hydroxyl groups is 1. The lowest BCUT2D eigenvalue weighted by molar-refractivity contribution is 0.466. The van der Waals surface area contributed by atoms with Gasteiger partial charge >= 0.3 is 0 Å². The van der Waals surface area contributed by atoms with Crippen LogP contribution in [0.4, 0.5) is 0 Å². The molecule has 1 aliphatic rings. The monoisotopic (exact) mass is 432 g/mol. The number of hydrogen-bond acceptors (Lipinski definition) is 1. The van der Waals surface area contributed by atoms with Crippen LogP contribution in [0, 0.1) is 13.8 Å². The van der Waals surface area contributed by atoms with E-state index in [9.17, 15) is 5.11 Å². The van der Waals surface area contributed by atoms with Crippen LogP contribution in [-0.2, 0) is 0 Å². The summed E-state index contributed by atoms with van der Waals surface area (Å²) in [6.45, 7) is 3.97. The molecule has 0 amide bonds. The normalized spacial score (nSPS) is 15.8. The molecule has 3 heteroatoms. The number of phenols is 1. The van der Waals surface area contributed by atoms with E-state index >= 15 is 0 Å². The van der Waals surface area contributed by atoms with Gasteiger partial charge in [0.2, 0.25) is 0 Å². The Morgan fingerprint density at radius 3 is 1.70 bits per heavy atom. The highest BCUT2D eigenvalue weighted by atomic mass is 127. The maximum Gasteiger partial charge on any atom is 0.121 e. The average molecular weight is 432 g/mol. The van der Waals surface area contributed by atoms with Crippen molar-refractivity contribution >= 4 is 28.4 Å². The van der Waals surface area contributed by atoms with Crippen LogP contribution in [-0.4, -0.2) is 5.11 Å². The number of phenolic OH excluding ortho intramolecular Hbond substituents is 1. The van der Waals surface area contributed by atoms with Gasteiger partial charge < -0.3 is 5.11 Å². The number of aryl methyl sites for hydroxylation is 2. The third kappa shape index (κ3) is 2.06. The average Bonchev–Trinajstić information content (AvgIpc) is 2.84. The zero-order chi connectivity index (χ0) is 16.2. The minimum Gasteiger partial charge on any atom is -0.507 e. The molecule has 0 bridgehead atoms. The largest absolute Gasteiger partial charge is 0.507 e. The second-order valence-corrected chi connectivity index (χ2v) is 12.3. The van der Waals surface area contributed by atoms with Gasteiger partial charge in [-0.3, -0.25) is 0 Å². The molecule has 0 radical (unpaired) electrons. The van der Waals surface area contributed by atoms with E-state index in [2.05, 4.69) is 81.9 Å². The molecule has 0 aromatic heterocycles. The highest BCUT2D eigenvalue weighted by Gasteiger charge is 2.38. The Balaban J connectivity index is 2.08. The molecular formula is C20H17IOS. The number of rotatable bonds is 1. The first kappa shape index (κ1) is 15.1. The summed E-state index contributed by atoms with van der Waals surface area (Å²) in [7, 11) is -1.30. The standard InChI is InChI=1S/C20H17IOS/c1-13-11-15(12-14(2)20(13)22)23(21)18-9-5-3-7-16(18)17-8-4-6-10-19(17)23/h3-12,22H,1-2H3. The minimum absolute atomic E-state index is 0.410. The summed E-state index contributed by atoms with van der Waals surface area (Å²) in [6.07, 6.45) is 0. The van der Waals surface area contributed by atoms with Gasteiger partial charge in [0.05, 0.1) is 0 Å². The lowest BCUT2D eigenvalue weighted by Gasteiger charge is -2.32. The molecule has 23 heavy (non-hydrogen) atoms. The van der Waals surface area contributed by atoms with Crippen molar-refractivity contribution in [2.45, 2.75) is 28.5 Å². The summed E-state index contributed by atoms with van der Waals surface area (Å²) in [4.78, 5) is 4.13. The molecule has 0 saturated carbocycles. The molecule has 3 aromatic carbocycles. The van der Waals surface area contributed by atoms with E-state index in [0.717, 1.165) is 11.1 Å². The van der Waals surface area contributed by atoms with E-state index in [4.69, 9.17) is 0 Å². The van der Waals surface area contributed by atoms with Crippen LogP contribution < -0.4 is 0 Å². The minimum atomic E-state index is -1.30. The zero-order valence-electron chi connectivity index (χ0n) is 13.0. The van der Waals surface area contributed by atoms with Gasteiger partial charge in [0.15, 0.2) is 0 Å². The van der Waals surface area contributed by atoms with Crippen molar-refractivity contribution in [3.63, 3.8) is 0 Å². The van der Waals surface area contributed by atoms with Gasteiger partial charge in [-0.25, -0.2) is 0 Å². The third-order valence-electron chi connectivity index (χ3n) is 4.46. The number of halogens is 1. The molecule has 116 valence electrons. The number of benzene rings is 3. The first-order valence-electron chi connectivity index (χ1n) is 7.55. The summed E-state index contributed by atoms with van der Waals surface area (Å²) < 4.78 is 0. The molecule has 0 saturated heterocycles. The summed E-state index contributed by atoms with van der Waals surface area (Å²) in [5, 5.41) is 10.2. The fraction of sp³-hybridized carbons (Fsp3) is 0.100. The molecule has 0 spiro atoms. The molecule has 0 fully saturated rings. The predicted octanol–water partition coefficient (Wildman–Crippen LogP) is 6.62. The van der Waals surface area contributed by atoms with Crippen molar-refractivity contribution in [2.24, 2.45) is 0 Å². The van der Waals surface area contributed by atoms with Gasteiger partial charge in [-0.05, 0) is 81.6 Å². The van der Waals surface area contributed by atoms with Gasteiger partial charge in [-0.15, -0.1) is 7.20 Å². The molecule has 0 unspecified atom stereocenters. The molecule has 1 nitrogen and oxygen atoms in total. The van der Waals surface area contributed by atoms with Gasteiger partial charge in [0, 0.05) is 14.7 Å². The molecule has 1 heterocycles. The van der Waals surface area contributed by atoms with Crippen molar-refractivity contribution in [1.29, 1.82) is 0 Å². The Kier molecular flexibility index (Phi) is 3.46. The van der Waals surface area contributed by atoms with Gasteiger partial charge in [0.25, 0.3) is 0 Å². The van der Waals surface area contributed by atoms with Crippen LogP contribution in [0.2, 0.25) is 0 Å². The second kappa shape index (κ2) is 5.28. The number of fused-ring (bicyclic) bond motifs is 3. The quantitative estimate of drug-likeness (QED) is 0.429. The van der Waals surface area contributed by atoms with Crippen LogP contribution in [0.25, 0.3) is 11.1 Å². The van der Waals surface area contributed by atoms with Crippen molar-refractivity contribution in [1.82, 2.24) is 0 Å². The Bertz CT molecular complexity index is 864. The summed E-state index contributed by atoms with van der Waals surface area (Å²) in [6, 6.07) is 21.8. The third-order valence-corrected chi connectivity index (χ3v) is 11.6. The molecule has 3 aromatic rings. The Hall–Kier alpha value is -1.46. The van der Waals surface area contributed by atoms with E-state index in [1.54, 1.807) is 0 Å². The van der Waals surface area contributed by atoms with Gasteiger partial charge in [0.1, 0.15) is 5.75 Å². The van der Waals surface area contributed by atoms with E-state index in [1.165, 1.54) is 25.8 Å². The summed E-state index contributed by atoms with van der Waals surface area (Å²) in [5.41, 5.74) is 4.59. The summed E-state index contributed by atoms with van der Waals surface area (Å²) >= 11 is 2.66. The predicted molar refractivity (Wildman–Crippen MR) is 106 cm³/mol. The lowest BCUT2D eigenvalue weighted by Crippen LogP contribution is -1.94. The molecule has 0 atom stereocenters. The van der Waals surface area contributed by atoms with E-state index in [1.807, 2.05) is 13.8 Å². The van der Waals surface area contributed by atoms with Crippen LogP contribution in [0.1, 0.15) is 11.1 Å². The Labute approximate surface area is 150 Å². The highest BCUT2D eigenvalue weighted by Crippen LogP contribution is 2.81. The van der Waals surface area contributed by atoms with Crippen molar-refractivity contribution in [2.75, 3.05) is 0 Å². The van der Waals surface area contributed by atoms with Crippen LogP contribution in [0.15, 0.2) is 75.4 Å². The van der Waals surface area contributed by atoms with Crippen molar-refractivity contribution in [3.05, 3.63) is 71.8 Å². The van der Waals surface area contributed by atoms with Gasteiger partial charge in [-0.2, -0.15) is 0 Å². The summed E-state index contributed by atoms with van der Waals surface area (Å²) in [5.74, 6) is 0.410.